The first-order valence-electron chi connectivity index (χ1n) is 14.3. The van der Waals surface area contributed by atoms with E-state index in [0.29, 0.717) is 46.1 Å². The molecule has 202 valence electrons. The molecule has 0 aliphatic heterocycles. The lowest BCUT2D eigenvalue weighted by atomic mass is 10.0. The molecule has 5 heteroatoms. The van der Waals surface area contributed by atoms with Crippen LogP contribution in [0.25, 0.3) is 0 Å². The summed E-state index contributed by atoms with van der Waals surface area (Å²) in [5.74, 6) is 0.765. The van der Waals surface area contributed by atoms with Gasteiger partial charge in [0.25, 0.3) is 0 Å². The first-order chi connectivity index (χ1) is 17.3. The molecule has 1 aromatic carbocycles. The fourth-order valence-electron chi connectivity index (χ4n) is 3.92. The fourth-order valence-corrected chi connectivity index (χ4v) is 3.92. The summed E-state index contributed by atoms with van der Waals surface area (Å²) in [5, 5.41) is 0. The minimum atomic E-state index is -0.119. The molecular weight excluding hydrogens is 440 g/mol. The molecule has 35 heavy (non-hydrogen) atoms. The Morgan fingerprint density at radius 1 is 0.600 bits per heavy atom. The van der Waals surface area contributed by atoms with Gasteiger partial charge in [-0.2, -0.15) is 0 Å². The van der Waals surface area contributed by atoms with Crippen LogP contribution in [0.5, 0.6) is 5.75 Å². The molecule has 1 aromatic rings. The van der Waals surface area contributed by atoms with Crippen molar-refractivity contribution in [3.05, 3.63) is 29.8 Å². The van der Waals surface area contributed by atoms with Crippen LogP contribution >= 0.6 is 0 Å². The average molecular weight is 493 g/mol. The van der Waals surface area contributed by atoms with Gasteiger partial charge in [0, 0.05) is 6.42 Å². The second-order valence-corrected chi connectivity index (χ2v) is 9.33. The summed E-state index contributed by atoms with van der Waals surface area (Å²) in [6.07, 6.45) is 18.0. The van der Waals surface area contributed by atoms with Crippen LogP contribution in [0.1, 0.15) is 109 Å². The maximum absolute atomic E-state index is 11.7. The van der Waals surface area contributed by atoms with E-state index in [-0.39, 0.29) is 5.97 Å². The number of carbonyl (C=O) groups is 1. The van der Waals surface area contributed by atoms with Crippen LogP contribution < -0.4 is 4.74 Å². The summed E-state index contributed by atoms with van der Waals surface area (Å²) in [6.45, 7) is 7.24. The number of hydrogen-bond donors (Lipinski definition) is 0. The minimum absolute atomic E-state index is 0.119. The Morgan fingerprint density at radius 3 is 1.74 bits per heavy atom. The predicted molar refractivity (Wildman–Crippen MR) is 144 cm³/mol. The Bertz CT molecular complexity index is 587. The van der Waals surface area contributed by atoms with Gasteiger partial charge in [-0.25, -0.2) is 0 Å². The highest BCUT2D eigenvalue weighted by Gasteiger charge is 2.03. The SMILES string of the molecule is CCCCCCCCCC(=O)OCCOCCOCCOc1ccc(CCCCCCCC)cc1. The van der Waals surface area contributed by atoms with Crippen molar-refractivity contribution >= 4 is 5.97 Å². The van der Waals surface area contributed by atoms with Gasteiger partial charge in [-0.3, -0.25) is 4.79 Å². The Morgan fingerprint density at radius 2 is 1.11 bits per heavy atom. The number of unbranched alkanes of at least 4 members (excludes halogenated alkanes) is 11. The molecule has 0 radical (unpaired) electrons. The Labute approximate surface area is 215 Å². The van der Waals surface area contributed by atoms with Gasteiger partial charge >= 0.3 is 5.97 Å². The van der Waals surface area contributed by atoms with Gasteiger partial charge in [-0.1, -0.05) is 96.6 Å². The second-order valence-electron chi connectivity index (χ2n) is 9.33. The highest BCUT2D eigenvalue weighted by Crippen LogP contribution is 2.15. The number of benzene rings is 1. The van der Waals surface area contributed by atoms with Crippen molar-refractivity contribution in [1.29, 1.82) is 0 Å². The lowest BCUT2D eigenvalue weighted by Crippen LogP contribution is -2.14. The fraction of sp³-hybridized carbons (Fsp3) is 0.767. The molecule has 0 fully saturated rings. The molecule has 0 unspecified atom stereocenters. The highest BCUT2D eigenvalue weighted by atomic mass is 16.6. The Hall–Kier alpha value is -1.59. The van der Waals surface area contributed by atoms with Crippen LogP contribution in [0.4, 0.5) is 0 Å². The number of carbonyl (C=O) groups excluding carboxylic acids is 1. The molecule has 0 saturated carbocycles. The van der Waals surface area contributed by atoms with E-state index in [1.54, 1.807) is 0 Å². The van der Waals surface area contributed by atoms with Crippen LogP contribution in [0.15, 0.2) is 24.3 Å². The summed E-state index contributed by atoms with van der Waals surface area (Å²) in [7, 11) is 0. The molecule has 0 aliphatic rings. The van der Waals surface area contributed by atoms with Crippen LogP contribution in [-0.4, -0.2) is 45.6 Å². The predicted octanol–water partition coefficient (Wildman–Crippen LogP) is 7.69. The topological polar surface area (TPSA) is 54.0 Å². The van der Waals surface area contributed by atoms with Gasteiger partial charge in [-0.05, 0) is 37.0 Å². The smallest absolute Gasteiger partial charge is 0.305 e. The standard InChI is InChI=1S/C30H52O5/c1-3-5-7-9-11-13-15-17-30(31)35-27-25-33-23-22-32-24-26-34-29-20-18-28(19-21-29)16-14-12-10-8-6-4-2/h18-21H,3-17,22-27H2,1-2H3. The number of aryl methyl sites for hydroxylation is 1. The van der Waals surface area contributed by atoms with E-state index in [4.69, 9.17) is 18.9 Å². The van der Waals surface area contributed by atoms with E-state index in [1.807, 2.05) is 12.1 Å². The molecule has 0 amide bonds. The third kappa shape index (κ3) is 20.3. The summed E-state index contributed by atoms with van der Waals surface area (Å²) in [4.78, 5) is 11.7. The quantitative estimate of drug-likeness (QED) is 0.103. The lowest BCUT2D eigenvalue weighted by molar-refractivity contribution is -0.145. The van der Waals surface area contributed by atoms with E-state index in [0.717, 1.165) is 25.0 Å². The summed E-state index contributed by atoms with van der Waals surface area (Å²) in [6, 6.07) is 8.42. The summed E-state index contributed by atoms with van der Waals surface area (Å²) >= 11 is 0. The monoisotopic (exact) mass is 492 g/mol. The van der Waals surface area contributed by atoms with Crippen molar-refractivity contribution in [2.45, 2.75) is 110 Å². The van der Waals surface area contributed by atoms with Gasteiger partial charge in [0.15, 0.2) is 0 Å². The molecule has 0 heterocycles. The maximum atomic E-state index is 11.7. The second kappa shape index (κ2) is 24.1. The van der Waals surface area contributed by atoms with Crippen LogP contribution in [0, 0.1) is 0 Å². The maximum Gasteiger partial charge on any atom is 0.305 e. The lowest BCUT2D eigenvalue weighted by Gasteiger charge is -2.09. The molecule has 0 bridgehead atoms. The van der Waals surface area contributed by atoms with Gasteiger partial charge in [0.1, 0.15) is 19.0 Å². The first kappa shape index (κ1) is 31.4. The zero-order valence-electron chi connectivity index (χ0n) is 22.7. The van der Waals surface area contributed by atoms with E-state index < -0.39 is 0 Å². The van der Waals surface area contributed by atoms with Crippen LogP contribution in [-0.2, 0) is 25.4 Å². The number of hydrogen-bond acceptors (Lipinski definition) is 5. The molecule has 5 nitrogen and oxygen atoms in total. The molecule has 0 aromatic heterocycles. The van der Waals surface area contributed by atoms with E-state index in [9.17, 15) is 4.79 Å². The van der Waals surface area contributed by atoms with Crippen molar-refractivity contribution in [2.24, 2.45) is 0 Å². The Balaban J connectivity index is 1.86. The number of ether oxygens (including phenoxy) is 4. The van der Waals surface area contributed by atoms with Crippen molar-refractivity contribution in [1.82, 2.24) is 0 Å². The van der Waals surface area contributed by atoms with Crippen molar-refractivity contribution < 1.29 is 23.7 Å². The zero-order chi connectivity index (χ0) is 25.2. The molecule has 1 rings (SSSR count). The summed E-state index contributed by atoms with van der Waals surface area (Å²) < 4.78 is 22.0. The number of esters is 1. The largest absolute Gasteiger partial charge is 0.491 e. The van der Waals surface area contributed by atoms with Gasteiger partial charge in [0.2, 0.25) is 0 Å². The third-order valence-corrected chi connectivity index (χ3v) is 6.09. The first-order valence-corrected chi connectivity index (χ1v) is 14.3. The van der Waals surface area contributed by atoms with Crippen molar-refractivity contribution in [2.75, 3.05) is 39.6 Å². The van der Waals surface area contributed by atoms with E-state index >= 15 is 0 Å². The third-order valence-electron chi connectivity index (χ3n) is 6.09. The van der Waals surface area contributed by atoms with Gasteiger partial charge in [0.05, 0.1) is 26.4 Å². The molecule has 0 aliphatic carbocycles. The van der Waals surface area contributed by atoms with Crippen molar-refractivity contribution in [3.8, 4) is 5.75 Å². The average Bonchev–Trinajstić information content (AvgIpc) is 2.87. The molecular formula is C30H52O5. The van der Waals surface area contributed by atoms with Gasteiger partial charge in [-0.15, -0.1) is 0 Å². The van der Waals surface area contributed by atoms with E-state index in [1.165, 1.54) is 76.2 Å². The van der Waals surface area contributed by atoms with E-state index in [2.05, 4.69) is 26.0 Å². The van der Waals surface area contributed by atoms with Crippen LogP contribution in [0.2, 0.25) is 0 Å². The Kier molecular flexibility index (Phi) is 21.7. The van der Waals surface area contributed by atoms with Gasteiger partial charge < -0.3 is 18.9 Å². The van der Waals surface area contributed by atoms with Crippen molar-refractivity contribution in [3.63, 3.8) is 0 Å². The zero-order valence-corrected chi connectivity index (χ0v) is 22.7. The molecule has 0 saturated heterocycles. The highest BCUT2D eigenvalue weighted by molar-refractivity contribution is 5.69. The minimum Gasteiger partial charge on any atom is -0.491 e. The normalized spacial score (nSPS) is 11.0. The molecule has 0 atom stereocenters. The molecule has 0 spiro atoms. The molecule has 0 N–H and O–H groups in total. The van der Waals surface area contributed by atoms with Crippen LogP contribution in [0.3, 0.4) is 0 Å². The summed E-state index contributed by atoms with van der Waals surface area (Å²) in [5.41, 5.74) is 1.38. The number of rotatable bonds is 25.